The lowest BCUT2D eigenvalue weighted by Crippen LogP contribution is -2.38. The van der Waals surface area contributed by atoms with Gasteiger partial charge in [-0.1, -0.05) is 6.07 Å². The number of aliphatic hydroxyl groups is 1. The third-order valence-corrected chi connectivity index (χ3v) is 2.96. The molecule has 0 aliphatic heterocycles. The Hall–Kier alpha value is -0.800. The molecule has 7 heteroatoms. The van der Waals surface area contributed by atoms with Crippen LogP contribution in [0, 0.1) is 3.57 Å². The number of benzene rings is 1. The number of nitrogens with one attached hydrogen (secondary N) is 1. The molecular formula is C12H15F2IN2O2. The van der Waals surface area contributed by atoms with Gasteiger partial charge >= 0.3 is 0 Å². The van der Waals surface area contributed by atoms with Crippen LogP contribution in [-0.2, 0) is 4.79 Å². The van der Waals surface area contributed by atoms with Crippen LogP contribution < -0.4 is 5.32 Å². The minimum absolute atomic E-state index is 0.0457. The van der Waals surface area contributed by atoms with E-state index < -0.39 is 13.0 Å². The highest BCUT2D eigenvalue weighted by atomic mass is 127. The molecule has 0 saturated heterocycles. The van der Waals surface area contributed by atoms with Crippen LogP contribution in [0.3, 0.4) is 0 Å². The highest BCUT2D eigenvalue weighted by molar-refractivity contribution is 14.1. The van der Waals surface area contributed by atoms with E-state index >= 15 is 0 Å². The number of aliphatic hydroxyl groups excluding tert-OH is 1. The van der Waals surface area contributed by atoms with E-state index in [4.69, 9.17) is 5.11 Å². The minimum atomic E-state index is -2.53. The summed E-state index contributed by atoms with van der Waals surface area (Å²) in [6.45, 7) is -0.913. The maximum Gasteiger partial charge on any atom is 0.251 e. The molecule has 0 heterocycles. The number of rotatable bonds is 7. The second-order valence-electron chi connectivity index (χ2n) is 3.91. The number of halogens is 3. The van der Waals surface area contributed by atoms with E-state index in [0.29, 0.717) is 5.69 Å². The average Bonchev–Trinajstić information content (AvgIpc) is 2.27. The Morgan fingerprint density at radius 1 is 1.47 bits per heavy atom. The molecule has 1 rings (SSSR count). The van der Waals surface area contributed by atoms with Gasteiger partial charge in [0.05, 0.1) is 19.7 Å². The lowest BCUT2D eigenvalue weighted by atomic mass is 10.3. The lowest BCUT2D eigenvalue weighted by molar-refractivity contribution is -0.117. The first-order valence-electron chi connectivity index (χ1n) is 5.68. The molecule has 4 nitrogen and oxygen atoms in total. The van der Waals surface area contributed by atoms with E-state index in [1.54, 1.807) is 18.2 Å². The van der Waals surface area contributed by atoms with Crippen LogP contribution in [0.15, 0.2) is 24.3 Å². The molecule has 1 aromatic rings. The number of hydrogen-bond donors (Lipinski definition) is 2. The summed E-state index contributed by atoms with van der Waals surface area (Å²) >= 11 is 2.11. The monoisotopic (exact) mass is 384 g/mol. The molecule has 0 spiro atoms. The molecule has 106 valence electrons. The number of hydrogen-bond acceptors (Lipinski definition) is 3. The van der Waals surface area contributed by atoms with Crippen molar-refractivity contribution in [3.05, 3.63) is 27.8 Å². The summed E-state index contributed by atoms with van der Waals surface area (Å²) in [6, 6.07) is 7.18. The quantitative estimate of drug-likeness (QED) is 0.705. The zero-order chi connectivity index (χ0) is 14.3. The van der Waals surface area contributed by atoms with Gasteiger partial charge in [0.15, 0.2) is 0 Å². The Morgan fingerprint density at radius 2 is 2.21 bits per heavy atom. The van der Waals surface area contributed by atoms with Crippen molar-refractivity contribution >= 4 is 34.2 Å². The van der Waals surface area contributed by atoms with Gasteiger partial charge in [0, 0.05) is 15.8 Å². The van der Waals surface area contributed by atoms with Crippen molar-refractivity contribution in [2.75, 3.05) is 31.6 Å². The number of anilines is 1. The lowest BCUT2D eigenvalue weighted by Gasteiger charge is -2.20. The molecule has 0 atom stereocenters. The fourth-order valence-corrected chi connectivity index (χ4v) is 2.08. The highest BCUT2D eigenvalue weighted by Crippen LogP contribution is 2.12. The molecule has 2 N–H and O–H groups in total. The highest BCUT2D eigenvalue weighted by Gasteiger charge is 2.15. The van der Waals surface area contributed by atoms with Crippen LogP contribution in [-0.4, -0.2) is 48.6 Å². The molecule has 19 heavy (non-hydrogen) atoms. The molecule has 0 radical (unpaired) electrons. The zero-order valence-corrected chi connectivity index (χ0v) is 12.3. The largest absolute Gasteiger partial charge is 0.395 e. The fraction of sp³-hybridized carbons (Fsp3) is 0.417. The minimum Gasteiger partial charge on any atom is -0.395 e. The van der Waals surface area contributed by atoms with Crippen molar-refractivity contribution in [2.24, 2.45) is 0 Å². The standard InChI is InChI=1S/C12H15F2IN2O2/c13-11(14)7-17(4-5-18)8-12(19)16-10-3-1-2-9(15)6-10/h1-3,6,11,18H,4-5,7-8H2,(H,16,19). The van der Waals surface area contributed by atoms with Crippen LogP contribution in [0.25, 0.3) is 0 Å². The summed E-state index contributed by atoms with van der Waals surface area (Å²) in [5.74, 6) is -0.379. The van der Waals surface area contributed by atoms with E-state index in [1.165, 1.54) is 4.90 Å². The molecule has 0 bridgehead atoms. The SMILES string of the molecule is O=C(CN(CCO)CC(F)F)Nc1cccc(I)c1. The zero-order valence-electron chi connectivity index (χ0n) is 10.2. The van der Waals surface area contributed by atoms with Gasteiger partial charge in [-0.15, -0.1) is 0 Å². The number of alkyl halides is 2. The number of carbonyl (C=O) groups excluding carboxylic acids is 1. The molecule has 0 aliphatic carbocycles. The van der Waals surface area contributed by atoms with E-state index in [9.17, 15) is 13.6 Å². The molecule has 1 amide bonds. The summed E-state index contributed by atoms with van der Waals surface area (Å²) in [6.07, 6.45) is -2.53. The van der Waals surface area contributed by atoms with Gasteiger partial charge in [-0.3, -0.25) is 9.69 Å². The number of carbonyl (C=O) groups is 1. The van der Waals surface area contributed by atoms with Gasteiger partial charge in [0.25, 0.3) is 6.43 Å². The normalized spacial score (nSPS) is 11.1. The summed E-state index contributed by atoms with van der Waals surface area (Å²) < 4.78 is 25.5. The fourth-order valence-electron chi connectivity index (χ4n) is 1.54. The summed E-state index contributed by atoms with van der Waals surface area (Å²) in [5, 5.41) is 11.4. The van der Waals surface area contributed by atoms with Crippen molar-refractivity contribution in [3.8, 4) is 0 Å². The number of amides is 1. The third-order valence-electron chi connectivity index (χ3n) is 2.29. The first-order valence-corrected chi connectivity index (χ1v) is 6.76. The van der Waals surface area contributed by atoms with E-state index in [0.717, 1.165) is 3.57 Å². The van der Waals surface area contributed by atoms with E-state index in [-0.39, 0.29) is 25.6 Å². The van der Waals surface area contributed by atoms with Crippen molar-refractivity contribution in [2.45, 2.75) is 6.43 Å². The summed E-state index contributed by atoms with van der Waals surface area (Å²) in [5.41, 5.74) is 0.623. The Kier molecular flexibility index (Phi) is 7.17. The van der Waals surface area contributed by atoms with Gasteiger partial charge in [0.2, 0.25) is 5.91 Å². The second kappa shape index (κ2) is 8.39. The summed E-state index contributed by atoms with van der Waals surface area (Å²) in [7, 11) is 0. The smallest absolute Gasteiger partial charge is 0.251 e. The van der Waals surface area contributed by atoms with Gasteiger partial charge in [-0.25, -0.2) is 8.78 Å². The maximum absolute atomic E-state index is 12.3. The van der Waals surface area contributed by atoms with E-state index in [1.807, 2.05) is 6.07 Å². The predicted octanol–water partition coefficient (Wildman–Crippen LogP) is 1.79. The van der Waals surface area contributed by atoms with Crippen molar-refractivity contribution in [1.82, 2.24) is 4.90 Å². The first-order chi connectivity index (χ1) is 9.01. The Morgan fingerprint density at radius 3 is 2.79 bits per heavy atom. The Bertz CT molecular complexity index is 418. The van der Waals surface area contributed by atoms with Gasteiger partial charge in [0.1, 0.15) is 0 Å². The molecule has 0 fully saturated rings. The molecule has 0 aromatic heterocycles. The first kappa shape index (κ1) is 16.3. The van der Waals surface area contributed by atoms with Gasteiger partial charge in [-0.2, -0.15) is 0 Å². The van der Waals surface area contributed by atoms with Crippen LogP contribution >= 0.6 is 22.6 Å². The molecular weight excluding hydrogens is 369 g/mol. The third kappa shape index (κ3) is 6.79. The van der Waals surface area contributed by atoms with Gasteiger partial charge in [-0.05, 0) is 40.8 Å². The average molecular weight is 384 g/mol. The van der Waals surface area contributed by atoms with Crippen LogP contribution in [0.5, 0.6) is 0 Å². The summed E-state index contributed by atoms with van der Waals surface area (Å²) in [4.78, 5) is 12.9. The van der Waals surface area contributed by atoms with Crippen LogP contribution in [0.2, 0.25) is 0 Å². The molecule has 0 aliphatic rings. The molecule has 1 aromatic carbocycles. The van der Waals surface area contributed by atoms with Gasteiger partial charge < -0.3 is 10.4 Å². The van der Waals surface area contributed by atoms with Crippen LogP contribution in [0.4, 0.5) is 14.5 Å². The topological polar surface area (TPSA) is 52.6 Å². The van der Waals surface area contributed by atoms with Crippen molar-refractivity contribution in [3.63, 3.8) is 0 Å². The van der Waals surface area contributed by atoms with Crippen molar-refractivity contribution in [1.29, 1.82) is 0 Å². The maximum atomic E-state index is 12.3. The molecule has 0 unspecified atom stereocenters. The van der Waals surface area contributed by atoms with E-state index in [2.05, 4.69) is 27.9 Å². The molecule has 0 saturated carbocycles. The Balaban J connectivity index is 2.52. The van der Waals surface area contributed by atoms with Crippen molar-refractivity contribution < 1.29 is 18.7 Å². The van der Waals surface area contributed by atoms with Crippen LogP contribution in [0.1, 0.15) is 0 Å². The second-order valence-corrected chi connectivity index (χ2v) is 5.15. The Labute approximate surface area is 123 Å². The number of nitrogens with zero attached hydrogens (tertiary/aromatic N) is 1. The predicted molar refractivity (Wildman–Crippen MR) is 77.3 cm³/mol.